The van der Waals surface area contributed by atoms with Crippen LogP contribution >= 0.6 is 0 Å². The summed E-state index contributed by atoms with van der Waals surface area (Å²) < 4.78 is 11.4. The molecule has 0 unspecified atom stereocenters. The largest absolute Gasteiger partial charge is 0.451 e. The molecule has 6 rings (SSSR count). The second-order valence-electron chi connectivity index (χ2n) is 10.4. The van der Waals surface area contributed by atoms with E-state index in [1.54, 1.807) is 12.3 Å². The maximum atomic E-state index is 13.8. The Kier molecular flexibility index (Phi) is 6.64. The zero-order valence-electron chi connectivity index (χ0n) is 21.6. The molecule has 0 spiro atoms. The minimum Gasteiger partial charge on any atom is -0.451 e. The monoisotopic (exact) mass is 526 g/mol. The summed E-state index contributed by atoms with van der Waals surface area (Å²) in [6.45, 7) is 1.10. The van der Waals surface area contributed by atoms with Crippen LogP contribution in [0.1, 0.15) is 55.5 Å². The number of rotatable bonds is 6. The Hall–Kier alpha value is -4.40. The van der Waals surface area contributed by atoms with Gasteiger partial charge in [-0.05, 0) is 49.6 Å². The van der Waals surface area contributed by atoms with Gasteiger partial charge in [-0.3, -0.25) is 14.4 Å². The third-order valence-corrected chi connectivity index (χ3v) is 7.69. The lowest BCUT2D eigenvalue weighted by atomic mass is 9.80. The number of carbonyl (C=O) groups excluding carboxylic acids is 3. The van der Waals surface area contributed by atoms with Crippen molar-refractivity contribution in [3.63, 3.8) is 0 Å². The van der Waals surface area contributed by atoms with Crippen LogP contribution in [0.3, 0.4) is 0 Å². The number of piperidine rings is 1. The normalized spacial score (nSPS) is 17.2. The number of furan rings is 1. The van der Waals surface area contributed by atoms with Gasteiger partial charge in [0.1, 0.15) is 11.1 Å². The standard InChI is InChI=1S/C30H30N4O5/c35-22-8-6-14-34(18-22)24-11-10-21(16-23(24)27-17-31-19-38-27)32-29(37)30(12-4-1-5-13-30)33-28(36)26-15-20-7-2-3-9-25(20)39-26/h2-3,7,9-11,15-17,19H,1,4-6,8,12-14,18H2,(H,32,37)(H,33,36). The third-order valence-electron chi connectivity index (χ3n) is 7.69. The molecular weight excluding hydrogens is 496 g/mol. The van der Waals surface area contributed by atoms with Crippen molar-refractivity contribution >= 4 is 39.9 Å². The highest BCUT2D eigenvalue weighted by Crippen LogP contribution is 2.36. The van der Waals surface area contributed by atoms with E-state index in [0.717, 1.165) is 48.9 Å². The molecule has 1 aliphatic heterocycles. The number of hydrogen-bond acceptors (Lipinski definition) is 7. The molecule has 2 aliphatic rings. The van der Waals surface area contributed by atoms with Crippen LogP contribution < -0.4 is 15.5 Å². The van der Waals surface area contributed by atoms with Gasteiger partial charge in [0.05, 0.1) is 12.7 Å². The number of amides is 2. The van der Waals surface area contributed by atoms with E-state index in [0.29, 0.717) is 42.8 Å². The van der Waals surface area contributed by atoms with Crippen molar-refractivity contribution in [1.29, 1.82) is 0 Å². The highest BCUT2D eigenvalue weighted by atomic mass is 16.3. The van der Waals surface area contributed by atoms with Gasteiger partial charge in [0.25, 0.3) is 5.91 Å². The summed E-state index contributed by atoms with van der Waals surface area (Å²) in [5.41, 5.74) is 1.73. The lowest BCUT2D eigenvalue weighted by Gasteiger charge is -2.36. The van der Waals surface area contributed by atoms with Gasteiger partial charge in [0, 0.05) is 35.3 Å². The Labute approximate surface area is 225 Å². The molecule has 2 aromatic heterocycles. The maximum absolute atomic E-state index is 13.8. The molecule has 4 aromatic rings. The molecule has 1 saturated heterocycles. The Morgan fingerprint density at radius 2 is 1.85 bits per heavy atom. The van der Waals surface area contributed by atoms with Gasteiger partial charge < -0.3 is 24.4 Å². The smallest absolute Gasteiger partial charge is 0.287 e. The summed E-state index contributed by atoms with van der Waals surface area (Å²) in [7, 11) is 0. The molecule has 2 aromatic carbocycles. The van der Waals surface area contributed by atoms with Gasteiger partial charge in [-0.1, -0.05) is 37.5 Å². The highest BCUT2D eigenvalue weighted by Gasteiger charge is 2.41. The summed E-state index contributed by atoms with van der Waals surface area (Å²) in [5, 5.41) is 6.90. The maximum Gasteiger partial charge on any atom is 0.287 e. The molecule has 0 radical (unpaired) electrons. The number of aromatic nitrogens is 1. The topological polar surface area (TPSA) is 118 Å². The first kappa shape index (κ1) is 24.9. The Morgan fingerprint density at radius 1 is 1.00 bits per heavy atom. The lowest BCUT2D eigenvalue weighted by Crippen LogP contribution is -2.57. The number of ketones is 1. The van der Waals surface area contributed by atoms with E-state index < -0.39 is 11.4 Å². The summed E-state index contributed by atoms with van der Waals surface area (Å²) >= 11 is 0. The van der Waals surface area contributed by atoms with Gasteiger partial charge in [-0.25, -0.2) is 4.98 Å². The van der Waals surface area contributed by atoms with Crippen LogP contribution in [0.5, 0.6) is 0 Å². The van der Waals surface area contributed by atoms with Crippen molar-refractivity contribution in [3.05, 3.63) is 66.9 Å². The quantitative estimate of drug-likeness (QED) is 0.349. The fraction of sp³-hybridized carbons (Fsp3) is 0.333. The predicted molar refractivity (Wildman–Crippen MR) is 147 cm³/mol. The molecule has 2 fully saturated rings. The van der Waals surface area contributed by atoms with Crippen molar-refractivity contribution in [2.75, 3.05) is 23.3 Å². The van der Waals surface area contributed by atoms with Gasteiger partial charge >= 0.3 is 0 Å². The predicted octanol–water partition coefficient (Wildman–Crippen LogP) is 5.33. The van der Waals surface area contributed by atoms with Crippen molar-refractivity contribution in [1.82, 2.24) is 10.3 Å². The Bertz CT molecular complexity index is 1480. The van der Waals surface area contributed by atoms with Crippen LogP contribution in [-0.2, 0) is 9.59 Å². The molecule has 200 valence electrons. The molecule has 0 atom stereocenters. The Balaban J connectivity index is 1.27. The van der Waals surface area contributed by atoms with Gasteiger partial charge in [-0.2, -0.15) is 0 Å². The molecule has 2 amide bonds. The summed E-state index contributed by atoms with van der Waals surface area (Å²) in [6.07, 6.45) is 8.10. The summed E-state index contributed by atoms with van der Waals surface area (Å²) in [4.78, 5) is 45.3. The molecule has 9 heteroatoms. The number of anilines is 2. The molecule has 2 N–H and O–H groups in total. The fourth-order valence-electron chi connectivity index (χ4n) is 5.67. The second-order valence-corrected chi connectivity index (χ2v) is 10.4. The van der Waals surface area contributed by atoms with Crippen LogP contribution in [-0.4, -0.2) is 41.2 Å². The van der Waals surface area contributed by atoms with Crippen molar-refractivity contribution in [3.8, 4) is 11.3 Å². The number of fused-ring (bicyclic) bond motifs is 1. The molecule has 9 nitrogen and oxygen atoms in total. The number of nitrogens with one attached hydrogen (secondary N) is 2. The number of para-hydroxylation sites is 1. The first-order valence-corrected chi connectivity index (χ1v) is 13.4. The van der Waals surface area contributed by atoms with Crippen LogP contribution in [0.4, 0.5) is 11.4 Å². The lowest BCUT2D eigenvalue weighted by molar-refractivity contribution is -0.123. The van der Waals surface area contributed by atoms with E-state index in [-0.39, 0.29) is 17.5 Å². The third kappa shape index (κ3) is 5.04. The number of oxazole rings is 1. The van der Waals surface area contributed by atoms with Gasteiger partial charge in [-0.15, -0.1) is 0 Å². The average Bonchev–Trinajstić information content (AvgIpc) is 3.64. The molecular formula is C30H30N4O5. The van der Waals surface area contributed by atoms with Crippen molar-refractivity contribution in [2.24, 2.45) is 0 Å². The van der Waals surface area contributed by atoms with Crippen LogP contribution in [0, 0.1) is 0 Å². The summed E-state index contributed by atoms with van der Waals surface area (Å²) in [5.74, 6) is 0.250. The number of carbonyl (C=O) groups is 3. The second kappa shape index (κ2) is 10.4. The van der Waals surface area contributed by atoms with E-state index in [1.807, 2.05) is 47.4 Å². The minimum absolute atomic E-state index is 0.182. The van der Waals surface area contributed by atoms with Gasteiger partial charge in [0.2, 0.25) is 5.91 Å². The zero-order chi connectivity index (χ0) is 26.8. The number of benzene rings is 2. The number of nitrogens with zero attached hydrogens (tertiary/aromatic N) is 2. The average molecular weight is 527 g/mol. The fourth-order valence-corrected chi connectivity index (χ4v) is 5.67. The van der Waals surface area contributed by atoms with Crippen molar-refractivity contribution in [2.45, 2.75) is 50.5 Å². The zero-order valence-corrected chi connectivity index (χ0v) is 21.6. The first-order chi connectivity index (χ1) is 19.0. The van der Waals surface area contributed by atoms with Gasteiger partial charge in [0.15, 0.2) is 23.7 Å². The first-order valence-electron chi connectivity index (χ1n) is 13.4. The van der Waals surface area contributed by atoms with Crippen LogP contribution in [0.15, 0.2) is 70.0 Å². The summed E-state index contributed by atoms with van der Waals surface area (Å²) in [6, 6.07) is 14.7. The van der Waals surface area contributed by atoms with E-state index >= 15 is 0 Å². The molecule has 39 heavy (non-hydrogen) atoms. The Morgan fingerprint density at radius 3 is 2.62 bits per heavy atom. The van der Waals surface area contributed by atoms with Crippen LogP contribution in [0.25, 0.3) is 22.3 Å². The number of hydrogen-bond donors (Lipinski definition) is 2. The SMILES string of the molecule is O=C1CCCN(c2ccc(NC(=O)C3(NC(=O)c4cc5ccccc5o4)CCCCC3)cc2-c2cnco2)C1. The molecule has 3 heterocycles. The van der Waals surface area contributed by atoms with E-state index in [1.165, 1.54) is 6.39 Å². The van der Waals surface area contributed by atoms with E-state index in [4.69, 9.17) is 8.83 Å². The van der Waals surface area contributed by atoms with Crippen molar-refractivity contribution < 1.29 is 23.2 Å². The minimum atomic E-state index is -1.06. The number of Topliss-reactive ketones (excluding diaryl/α,β-unsaturated/α-hetero) is 1. The highest BCUT2D eigenvalue weighted by molar-refractivity contribution is 6.04. The van der Waals surface area contributed by atoms with Crippen LogP contribution in [0.2, 0.25) is 0 Å². The van der Waals surface area contributed by atoms with E-state index in [9.17, 15) is 14.4 Å². The molecule has 1 saturated carbocycles. The molecule has 1 aliphatic carbocycles. The van der Waals surface area contributed by atoms with E-state index in [2.05, 4.69) is 15.6 Å². The molecule has 0 bridgehead atoms.